The van der Waals surface area contributed by atoms with Crippen molar-refractivity contribution in [3.8, 4) is 0 Å². The highest BCUT2D eigenvalue weighted by Crippen LogP contribution is 2.61. The maximum atomic E-state index is 15.2. The molecule has 0 aliphatic carbocycles. The number of fused-ring (bicyclic) bond motifs is 1. The summed E-state index contributed by atoms with van der Waals surface area (Å²) in [7, 11) is 1.69. The summed E-state index contributed by atoms with van der Waals surface area (Å²) in [6.45, 7) is 17.2. The van der Waals surface area contributed by atoms with Gasteiger partial charge in [0.05, 0.1) is 36.6 Å². The Morgan fingerprint density at radius 2 is 1.81 bits per heavy atom. The van der Waals surface area contributed by atoms with E-state index in [2.05, 4.69) is 29.1 Å². The number of allylic oxidation sites excluding steroid dienone is 1. The van der Waals surface area contributed by atoms with Gasteiger partial charge in [-0.3, -0.25) is 19.2 Å². The standard InChI is InChI=1S/C42H54BrN3O7/c1-9-11-17-33(48)44(8)28(7)36(29-15-13-12-14-16-29)52-41(51)34-35-39(49)46(30(24-47)21-25(3)4)38(42(35)23-31(43)37(34)53-42)40(50)45(20-10-2)32-22-26(5)18-19-27(32)6/h9-10,12-16,18-19,22,25,28,30-31,34-38,47H,1-2,11,17,20-21,23-24H2,3-8H3/t28-,30-,31?,34-,35+,36+,37-,38-,42+/m1/s1. The van der Waals surface area contributed by atoms with Crippen LogP contribution in [0.25, 0.3) is 0 Å². The second-order valence-electron chi connectivity index (χ2n) is 15.2. The van der Waals surface area contributed by atoms with Crippen LogP contribution in [0.1, 0.15) is 69.2 Å². The molecule has 3 saturated heterocycles. The summed E-state index contributed by atoms with van der Waals surface area (Å²) < 4.78 is 13.2. The number of carbonyl (C=O) groups is 4. The van der Waals surface area contributed by atoms with E-state index < -0.39 is 59.6 Å². The maximum absolute atomic E-state index is 15.2. The van der Waals surface area contributed by atoms with E-state index in [9.17, 15) is 19.5 Å². The number of likely N-dealkylation sites (tertiary alicyclic amines) is 1. The van der Waals surface area contributed by atoms with Gasteiger partial charge < -0.3 is 29.3 Å². The fourth-order valence-electron chi connectivity index (χ4n) is 8.55. The molecule has 286 valence electrons. The molecule has 5 rings (SSSR count). The Labute approximate surface area is 322 Å². The van der Waals surface area contributed by atoms with Crippen LogP contribution in [-0.2, 0) is 28.7 Å². The molecular weight excluding hydrogens is 738 g/mol. The highest BCUT2D eigenvalue weighted by molar-refractivity contribution is 9.09. The van der Waals surface area contributed by atoms with E-state index in [1.54, 1.807) is 29.0 Å². The van der Waals surface area contributed by atoms with Gasteiger partial charge in [0.25, 0.3) is 5.91 Å². The van der Waals surface area contributed by atoms with Crippen LogP contribution >= 0.6 is 15.9 Å². The van der Waals surface area contributed by atoms with E-state index >= 15 is 4.79 Å². The van der Waals surface area contributed by atoms with Crippen molar-refractivity contribution in [2.24, 2.45) is 17.8 Å². The number of anilines is 1. The van der Waals surface area contributed by atoms with Crippen molar-refractivity contribution < 1.29 is 33.8 Å². The van der Waals surface area contributed by atoms with Crippen molar-refractivity contribution in [2.45, 2.75) is 101 Å². The number of amides is 3. The number of carbonyl (C=O) groups excluding carboxylic acids is 4. The predicted molar refractivity (Wildman–Crippen MR) is 208 cm³/mol. The molecule has 1 spiro atoms. The van der Waals surface area contributed by atoms with Gasteiger partial charge in [-0.05, 0) is 68.7 Å². The Hall–Kier alpha value is -3.80. The van der Waals surface area contributed by atoms with Crippen LogP contribution in [-0.4, -0.2) is 93.5 Å². The van der Waals surface area contributed by atoms with Crippen LogP contribution in [0, 0.1) is 31.6 Å². The summed E-state index contributed by atoms with van der Waals surface area (Å²) in [5, 5.41) is 10.8. The number of aliphatic hydroxyl groups excluding tert-OH is 1. The van der Waals surface area contributed by atoms with E-state index in [1.165, 1.54) is 4.90 Å². The summed E-state index contributed by atoms with van der Waals surface area (Å²) in [4.78, 5) is 62.3. The number of aliphatic hydroxyl groups is 1. The number of hydrogen-bond donors (Lipinski definition) is 1. The second kappa shape index (κ2) is 16.7. The van der Waals surface area contributed by atoms with Crippen molar-refractivity contribution in [1.82, 2.24) is 9.80 Å². The van der Waals surface area contributed by atoms with Crippen molar-refractivity contribution in [2.75, 3.05) is 25.1 Å². The fraction of sp³-hybridized carbons (Fsp3) is 0.524. The molecule has 3 aliphatic rings. The lowest BCUT2D eigenvalue weighted by atomic mass is 9.70. The van der Waals surface area contributed by atoms with Gasteiger partial charge in [0.1, 0.15) is 17.7 Å². The Balaban J connectivity index is 1.58. The van der Waals surface area contributed by atoms with Crippen LogP contribution in [0.4, 0.5) is 5.69 Å². The van der Waals surface area contributed by atoms with Gasteiger partial charge in [0, 0.05) is 30.5 Å². The molecule has 9 atom stereocenters. The first-order chi connectivity index (χ1) is 25.2. The largest absolute Gasteiger partial charge is 0.455 e. The molecule has 53 heavy (non-hydrogen) atoms. The monoisotopic (exact) mass is 791 g/mol. The van der Waals surface area contributed by atoms with E-state index in [4.69, 9.17) is 9.47 Å². The van der Waals surface area contributed by atoms with Crippen LogP contribution in [0.5, 0.6) is 0 Å². The number of aryl methyl sites for hydroxylation is 2. The van der Waals surface area contributed by atoms with Crippen molar-refractivity contribution in [3.63, 3.8) is 0 Å². The molecule has 1 unspecified atom stereocenters. The number of alkyl halides is 1. The Bertz CT molecular complexity index is 1700. The van der Waals surface area contributed by atoms with Crippen LogP contribution in [0.3, 0.4) is 0 Å². The molecule has 0 aromatic heterocycles. The first-order valence-electron chi connectivity index (χ1n) is 18.6. The van der Waals surface area contributed by atoms with Crippen LogP contribution in [0.2, 0.25) is 0 Å². The molecule has 2 aromatic rings. The lowest BCUT2D eigenvalue weighted by Gasteiger charge is -2.40. The number of rotatable bonds is 16. The molecule has 0 radical (unpaired) electrons. The minimum absolute atomic E-state index is 0.0955. The minimum atomic E-state index is -1.37. The normalized spacial score (nSPS) is 26.2. The topological polar surface area (TPSA) is 117 Å². The van der Waals surface area contributed by atoms with Gasteiger partial charge in [0.2, 0.25) is 11.8 Å². The van der Waals surface area contributed by atoms with E-state index in [0.29, 0.717) is 30.5 Å². The zero-order valence-electron chi connectivity index (χ0n) is 31.7. The van der Waals surface area contributed by atoms with Crippen molar-refractivity contribution in [1.29, 1.82) is 0 Å². The number of halogens is 1. The number of ether oxygens (including phenoxy) is 2. The fourth-order valence-corrected chi connectivity index (χ4v) is 9.49. The van der Waals surface area contributed by atoms with Gasteiger partial charge in [0.15, 0.2) is 0 Å². The third-order valence-corrected chi connectivity index (χ3v) is 12.0. The van der Waals surface area contributed by atoms with E-state index in [1.807, 2.05) is 83.1 Å². The minimum Gasteiger partial charge on any atom is -0.455 e. The van der Waals surface area contributed by atoms with Crippen LogP contribution in [0.15, 0.2) is 73.8 Å². The SMILES string of the molecule is C=CCCC(=O)N(C)[C@H](C)[C@H](OC(=O)[C@H]1[C@@H]2O[C@@]3(CC2Br)[C@@H]1C(=O)N([C@@H](CO)CC(C)C)[C@@H]3C(=O)N(CC=C)c1cc(C)ccc1C)c1ccccc1. The van der Waals surface area contributed by atoms with Crippen molar-refractivity contribution in [3.05, 3.63) is 90.5 Å². The Kier molecular flexibility index (Phi) is 12.7. The maximum Gasteiger partial charge on any atom is 0.313 e. The van der Waals surface area contributed by atoms with Gasteiger partial charge in [-0.15, -0.1) is 13.2 Å². The summed E-state index contributed by atoms with van der Waals surface area (Å²) in [5.41, 5.74) is 1.86. The molecule has 3 aliphatic heterocycles. The van der Waals surface area contributed by atoms with Gasteiger partial charge in [-0.2, -0.15) is 0 Å². The predicted octanol–water partition coefficient (Wildman–Crippen LogP) is 6.08. The number of likely N-dealkylation sites (N-methyl/N-ethyl adjacent to an activating group) is 1. The highest BCUT2D eigenvalue weighted by atomic mass is 79.9. The molecule has 3 amide bonds. The lowest BCUT2D eigenvalue weighted by molar-refractivity contribution is -0.165. The molecule has 3 fully saturated rings. The summed E-state index contributed by atoms with van der Waals surface area (Å²) in [6, 6.07) is 12.7. The van der Waals surface area contributed by atoms with Crippen molar-refractivity contribution >= 4 is 45.3 Å². The Morgan fingerprint density at radius 1 is 1.11 bits per heavy atom. The molecule has 11 heteroatoms. The molecular formula is C42H54BrN3O7. The smallest absolute Gasteiger partial charge is 0.313 e. The first kappa shape index (κ1) is 40.4. The average Bonchev–Trinajstić information content (AvgIpc) is 3.74. The third-order valence-electron chi connectivity index (χ3n) is 11.2. The second-order valence-corrected chi connectivity index (χ2v) is 16.4. The average molecular weight is 793 g/mol. The Morgan fingerprint density at radius 3 is 2.43 bits per heavy atom. The van der Waals surface area contributed by atoms with E-state index in [-0.39, 0.29) is 42.1 Å². The number of esters is 1. The molecule has 1 N–H and O–H groups in total. The zero-order chi connectivity index (χ0) is 38.8. The van der Waals surface area contributed by atoms with Gasteiger partial charge in [-0.25, -0.2) is 0 Å². The summed E-state index contributed by atoms with van der Waals surface area (Å²) >= 11 is 3.77. The highest BCUT2D eigenvalue weighted by Gasteiger charge is 2.77. The molecule has 10 nitrogen and oxygen atoms in total. The molecule has 2 bridgehead atoms. The molecule has 0 saturated carbocycles. The summed E-state index contributed by atoms with van der Waals surface area (Å²) in [6.07, 6.45) is 3.26. The quantitative estimate of drug-likeness (QED) is 0.125. The first-order valence-corrected chi connectivity index (χ1v) is 19.5. The third kappa shape index (κ3) is 7.62. The van der Waals surface area contributed by atoms with E-state index in [0.717, 1.165) is 11.1 Å². The number of hydrogen-bond acceptors (Lipinski definition) is 7. The summed E-state index contributed by atoms with van der Waals surface area (Å²) in [5.74, 6) is -3.51. The van der Waals surface area contributed by atoms with Gasteiger partial charge >= 0.3 is 5.97 Å². The number of benzene rings is 2. The van der Waals surface area contributed by atoms with Crippen LogP contribution < -0.4 is 4.90 Å². The van der Waals surface area contributed by atoms with Gasteiger partial charge in [-0.1, -0.05) is 84.4 Å². The number of nitrogens with zero attached hydrogens (tertiary/aromatic N) is 3. The molecule has 2 aromatic carbocycles. The zero-order valence-corrected chi connectivity index (χ0v) is 33.3. The lowest BCUT2D eigenvalue weighted by Crippen LogP contribution is -2.59. The molecule has 3 heterocycles.